The lowest BCUT2D eigenvalue weighted by Crippen LogP contribution is -2.45. The van der Waals surface area contributed by atoms with Gasteiger partial charge in [0.2, 0.25) is 5.91 Å². The van der Waals surface area contributed by atoms with Crippen molar-refractivity contribution < 1.29 is 33.0 Å². The van der Waals surface area contributed by atoms with Gasteiger partial charge in [-0.3, -0.25) is 24.1 Å². The molecule has 0 saturated carbocycles. The van der Waals surface area contributed by atoms with Crippen LogP contribution in [0.4, 0.5) is 15.8 Å². The van der Waals surface area contributed by atoms with E-state index >= 15 is 0 Å². The fourth-order valence-electron chi connectivity index (χ4n) is 3.52. The van der Waals surface area contributed by atoms with Crippen molar-refractivity contribution in [2.24, 2.45) is 5.73 Å². The van der Waals surface area contributed by atoms with E-state index in [1.165, 1.54) is 12.1 Å². The van der Waals surface area contributed by atoms with E-state index in [2.05, 4.69) is 9.69 Å². The molecule has 1 atom stereocenters. The largest absolute Gasteiger partial charge is 0.494 e. The monoisotopic (exact) mass is 543 g/mol. The molecule has 2 aromatic carbocycles. The molecule has 200 valence electrons. The second-order valence-electron chi connectivity index (χ2n) is 7.72. The molecule has 1 heterocycles. The van der Waals surface area contributed by atoms with E-state index in [9.17, 15) is 23.6 Å². The predicted octanol–water partition coefficient (Wildman–Crippen LogP) is 2.43. The maximum Gasteiger partial charge on any atom is 0.325 e. The Kier molecular flexibility index (Phi) is 9.33. The maximum absolute atomic E-state index is 13.9. The molecule has 3 rings (SSSR count). The van der Waals surface area contributed by atoms with Gasteiger partial charge in [-0.2, -0.15) is 4.37 Å². The van der Waals surface area contributed by atoms with Gasteiger partial charge < -0.3 is 26.3 Å². The number of nitrogens with one attached hydrogen (secondary N) is 1. The summed E-state index contributed by atoms with van der Waals surface area (Å²) in [5, 5.41) is 2.48. The molecule has 0 aliphatic carbocycles. The van der Waals surface area contributed by atoms with Gasteiger partial charge in [-0.05, 0) is 67.3 Å². The molecule has 3 amide bonds. The van der Waals surface area contributed by atoms with E-state index in [4.69, 9.17) is 20.9 Å². The second-order valence-corrected chi connectivity index (χ2v) is 8.49. The number of carbonyl (C=O) groups excluding carboxylic acids is 4. The molecule has 0 unspecified atom stereocenters. The van der Waals surface area contributed by atoms with Crippen LogP contribution in [-0.4, -0.2) is 47.8 Å². The summed E-state index contributed by atoms with van der Waals surface area (Å²) in [7, 11) is 0. The van der Waals surface area contributed by atoms with E-state index < -0.39 is 42.1 Å². The van der Waals surface area contributed by atoms with Crippen molar-refractivity contribution in [1.82, 2.24) is 9.69 Å². The number of benzene rings is 2. The van der Waals surface area contributed by atoms with E-state index in [1.54, 1.807) is 31.2 Å². The molecule has 1 aromatic heterocycles. The Morgan fingerprint density at radius 3 is 2.26 bits per heavy atom. The summed E-state index contributed by atoms with van der Waals surface area (Å²) >= 11 is 0.630. The van der Waals surface area contributed by atoms with Crippen LogP contribution in [0.15, 0.2) is 48.5 Å². The smallest absolute Gasteiger partial charge is 0.325 e. The summed E-state index contributed by atoms with van der Waals surface area (Å²) in [5.74, 6) is -3.19. The Balaban J connectivity index is 2.14. The summed E-state index contributed by atoms with van der Waals surface area (Å²) in [6, 6.07) is 9.87. The lowest BCUT2D eigenvalue weighted by molar-refractivity contribution is -0.143. The van der Waals surface area contributed by atoms with Crippen molar-refractivity contribution in [2.45, 2.75) is 19.9 Å². The van der Waals surface area contributed by atoms with Crippen molar-refractivity contribution in [1.29, 1.82) is 0 Å². The van der Waals surface area contributed by atoms with Gasteiger partial charge in [-0.1, -0.05) is 12.1 Å². The minimum Gasteiger partial charge on any atom is -0.494 e. The molecule has 3 aromatic rings. The Morgan fingerprint density at radius 1 is 1.05 bits per heavy atom. The number of nitrogen functional groups attached to an aromatic ring is 1. The molecule has 0 aliphatic rings. The third-order valence-electron chi connectivity index (χ3n) is 5.20. The van der Waals surface area contributed by atoms with Gasteiger partial charge in [0.05, 0.1) is 18.9 Å². The van der Waals surface area contributed by atoms with Crippen LogP contribution in [-0.2, 0) is 14.3 Å². The fourth-order valence-corrected chi connectivity index (χ4v) is 4.26. The lowest BCUT2D eigenvalue weighted by Gasteiger charge is -2.31. The van der Waals surface area contributed by atoms with E-state index in [1.807, 2.05) is 6.92 Å². The van der Waals surface area contributed by atoms with Gasteiger partial charge >= 0.3 is 5.97 Å². The zero-order chi connectivity index (χ0) is 27.8. The Bertz CT molecular complexity index is 1310. The summed E-state index contributed by atoms with van der Waals surface area (Å²) in [5.41, 5.74) is 11.2. The third-order valence-corrected chi connectivity index (χ3v) is 6.06. The number of esters is 1. The average molecular weight is 544 g/mol. The normalized spacial score (nSPS) is 11.3. The molecule has 0 fully saturated rings. The van der Waals surface area contributed by atoms with Crippen LogP contribution in [0.3, 0.4) is 0 Å². The van der Waals surface area contributed by atoms with Gasteiger partial charge in [-0.25, -0.2) is 4.39 Å². The van der Waals surface area contributed by atoms with Crippen LogP contribution in [0.2, 0.25) is 0 Å². The number of carbonyl (C=O) groups is 4. The highest BCUT2D eigenvalue weighted by molar-refractivity contribution is 7.09. The number of nitrogens with zero attached hydrogens (tertiary/aromatic N) is 2. The Labute approximate surface area is 221 Å². The van der Waals surface area contributed by atoms with E-state index in [0.717, 1.165) is 17.0 Å². The van der Waals surface area contributed by atoms with Gasteiger partial charge in [0.25, 0.3) is 11.8 Å². The second kappa shape index (κ2) is 12.6. The van der Waals surface area contributed by atoms with E-state index in [0.29, 0.717) is 29.5 Å². The van der Waals surface area contributed by atoms with Crippen LogP contribution in [0, 0.1) is 5.82 Å². The molecular weight excluding hydrogens is 517 g/mol. The van der Waals surface area contributed by atoms with Crippen molar-refractivity contribution >= 4 is 46.6 Å². The number of hydrogen-bond donors (Lipinski definition) is 3. The minimum absolute atomic E-state index is 0.115. The number of hydrogen-bond acceptors (Lipinski definition) is 9. The molecular formula is C25H26FN5O6S. The molecule has 11 nitrogen and oxygen atoms in total. The SMILES string of the molecule is CCOC(=O)CNC(=O)[C@@H](c1ccc(OCC)cc1)N(C(=O)c1snc(C(N)=O)c1N)c1ccc(F)cc1. The fraction of sp³-hybridized carbons (Fsp3) is 0.240. The topological polar surface area (TPSA) is 167 Å². The minimum atomic E-state index is -1.36. The molecule has 0 saturated heterocycles. The number of ether oxygens (including phenoxy) is 2. The van der Waals surface area contributed by atoms with Crippen LogP contribution < -0.4 is 26.4 Å². The van der Waals surface area contributed by atoms with Crippen LogP contribution >= 0.6 is 11.5 Å². The number of primary amides is 1. The summed E-state index contributed by atoms with van der Waals surface area (Å²) in [6.07, 6.45) is 0. The molecule has 5 N–H and O–H groups in total. The molecule has 0 aliphatic heterocycles. The maximum atomic E-state index is 13.9. The van der Waals surface area contributed by atoms with Crippen molar-refractivity contribution in [3.63, 3.8) is 0 Å². The zero-order valence-corrected chi connectivity index (χ0v) is 21.4. The number of nitrogens with two attached hydrogens (primary N) is 2. The van der Waals surface area contributed by atoms with Gasteiger partial charge in [0, 0.05) is 5.69 Å². The first-order valence-electron chi connectivity index (χ1n) is 11.5. The highest BCUT2D eigenvalue weighted by atomic mass is 32.1. The highest BCUT2D eigenvalue weighted by Gasteiger charge is 2.36. The van der Waals surface area contributed by atoms with Gasteiger partial charge in [0.1, 0.15) is 29.0 Å². The first-order chi connectivity index (χ1) is 18.2. The van der Waals surface area contributed by atoms with Crippen molar-refractivity contribution in [3.8, 4) is 5.75 Å². The molecule has 38 heavy (non-hydrogen) atoms. The van der Waals surface area contributed by atoms with Crippen molar-refractivity contribution in [3.05, 3.63) is 70.5 Å². The first-order valence-corrected chi connectivity index (χ1v) is 12.2. The van der Waals surface area contributed by atoms with Crippen LogP contribution in [0.25, 0.3) is 0 Å². The van der Waals surface area contributed by atoms with Crippen LogP contribution in [0.1, 0.15) is 45.6 Å². The number of anilines is 2. The van der Waals surface area contributed by atoms with Crippen molar-refractivity contribution in [2.75, 3.05) is 30.4 Å². The van der Waals surface area contributed by atoms with Gasteiger partial charge in [-0.15, -0.1) is 0 Å². The van der Waals surface area contributed by atoms with Crippen LogP contribution in [0.5, 0.6) is 5.75 Å². The average Bonchev–Trinajstić information content (AvgIpc) is 3.29. The number of amides is 3. The summed E-state index contributed by atoms with van der Waals surface area (Å²) in [4.78, 5) is 52.0. The summed E-state index contributed by atoms with van der Waals surface area (Å²) in [6.45, 7) is 3.51. The number of halogens is 1. The first kappa shape index (κ1) is 28.1. The molecule has 0 bridgehead atoms. The lowest BCUT2D eigenvalue weighted by atomic mass is 10.0. The standard InChI is InChI=1S/C25H26FN5O6S/c1-3-36-17-11-5-14(6-12-17)21(24(34)29-13-18(32)37-4-2)31(16-9-7-15(26)8-10-16)25(35)22-19(27)20(23(28)33)30-38-22/h5-12,21H,3-4,13,27H2,1-2H3,(H2,28,33)(H,29,34)/t21-/m1/s1. The number of rotatable bonds is 11. The predicted molar refractivity (Wildman–Crippen MR) is 138 cm³/mol. The Hall–Kier alpha value is -4.52. The zero-order valence-electron chi connectivity index (χ0n) is 20.6. The molecule has 0 radical (unpaired) electrons. The molecule has 0 spiro atoms. The molecule has 13 heteroatoms. The quantitative estimate of drug-likeness (QED) is 0.310. The van der Waals surface area contributed by atoms with E-state index in [-0.39, 0.29) is 28.6 Å². The van der Waals surface area contributed by atoms with Gasteiger partial charge in [0.15, 0.2) is 5.69 Å². The Morgan fingerprint density at radius 2 is 1.71 bits per heavy atom. The highest BCUT2D eigenvalue weighted by Crippen LogP contribution is 2.33. The number of aromatic nitrogens is 1. The third kappa shape index (κ3) is 6.42. The summed E-state index contributed by atoms with van der Waals surface area (Å²) < 4.78 is 28.0.